The number of benzene rings is 1. The summed E-state index contributed by atoms with van der Waals surface area (Å²) in [4.78, 5) is 14.3. The summed E-state index contributed by atoms with van der Waals surface area (Å²) < 4.78 is 13.0. The molecule has 110 valence electrons. The third-order valence-corrected chi connectivity index (χ3v) is 4.33. The molecule has 0 saturated heterocycles. The molecule has 1 atom stereocenters. The van der Waals surface area contributed by atoms with Crippen LogP contribution in [0.5, 0.6) is 0 Å². The second-order valence-corrected chi connectivity index (χ2v) is 5.80. The van der Waals surface area contributed by atoms with Gasteiger partial charge in [0.1, 0.15) is 5.82 Å². The van der Waals surface area contributed by atoms with Crippen LogP contribution in [0, 0.1) is 5.82 Å². The van der Waals surface area contributed by atoms with Gasteiger partial charge in [0, 0.05) is 18.5 Å². The van der Waals surface area contributed by atoms with E-state index in [4.69, 9.17) is 5.73 Å². The van der Waals surface area contributed by atoms with Crippen molar-refractivity contribution in [1.82, 2.24) is 4.90 Å². The molecule has 0 bridgehead atoms. The largest absolute Gasteiger partial charge is 0.336 e. The van der Waals surface area contributed by atoms with E-state index in [2.05, 4.69) is 0 Å². The monoisotopic (exact) mass is 278 g/mol. The minimum Gasteiger partial charge on any atom is -0.336 e. The van der Waals surface area contributed by atoms with Gasteiger partial charge >= 0.3 is 0 Å². The first-order valence-electron chi connectivity index (χ1n) is 7.29. The molecule has 3 nitrogen and oxygen atoms in total. The van der Waals surface area contributed by atoms with E-state index in [0.29, 0.717) is 13.0 Å². The number of carbonyl (C=O) groups excluding carboxylic acids is 1. The van der Waals surface area contributed by atoms with Crippen LogP contribution in [-0.4, -0.2) is 22.9 Å². The SMILES string of the molecule is CCN(C(=O)CC1(N)CCC1)C(C)c1ccc(F)cc1. The zero-order valence-electron chi connectivity index (χ0n) is 12.2. The first-order chi connectivity index (χ1) is 9.45. The van der Waals surface area contributed by atoms with Gasteiger partial charge in [-0.1, -0.05) is 12.1 Å². The molecular weight excluding hydrogens is 255 g/mol. The van der Waals surface area contributed by atoms with E-state index < -0.39 is 0 Å². The van der Waals surface area contributed by atoms with Crippen LogP contribution in [-0.2, 0) is 4.79 Å². The summed E-state index contributed by atoms with van der Waals surface area (Å²) in [5.74, 6) is -0.169. The third-order valence-electron chi connectivity index (χ3n) is 4.33. The number of hydrogen-bond donors (Lipinski definition) is 1. The predicted octanol–water partition coefficient (Wildman–Crippen LogP) is 3.01. The van der Waals surface area contributed by atoms with Crippen molar-refractivity contribution in [2.24, 2.45) is 5.73 Å². The average Bonchev–Trinajstić information content (AvgIpc) is 2.38. The lowest BCUT2D eigenvalue weighted by Gasteiger charge is -2.40. The van der Waals surface area contributed by atoms with Gasteiger partial charge in [-0.2, -0.15) is 0 Å². The Kier molecular flexibility index (Phi) is 4.43. The predicted molar refractivity (Wildman–Crippen MR) is 77.6 cm³/mol. The molecule has 1 aliphatic carbocycles. The number of carbonyl (C=O) groups is 1. The van der Waals surface area contributed by atoms with Crippen molar-refractivity contribution in [3.63, 3.8) is 0 Å². The molecule has 20 heavy (non-hydrogen) atoms. The van der Waals surface area contributed by atoms with Crippen LogP contribution in [0.15, 0.2) is 24.3 Å². The van der Waals surface area contributed by atoms with Crippen LogP contribution in [0.4, 0.5) is 4.39 Å². The van der Waals surface area contributed by atoms with Gasteiger partial charge in [0.25, 0.3) is 0 Å². The van der Waals surface area contributed by atoms with E-state index in [1.807, 2.05) is 18.7 Å². The van der Waals surface area contributed by atoms with Crippen molar-refractivity contribution < 1.29 is 9.18 Å². The Morgan fingerprint density at radius 3 is 2.45 bits per heavy atom. The van der Waals surface area contributed by atoms with Crippen LogP contribution in [0.25, 0.3) is 0 Å². The zero-order chi connectivity index (χ0) is 14.8. The maximum absolute atomic E-state index is 13.0. The van der Waals surface area contributed by atoms with Crippen LogP contribution >= 0.6 is 0 Å². The minimum absolute atomic E-state index is 0.0585. The molecule has 0 aliphatic heterocycles. The van der Waals surface area contributed by atoms with Gasteiger partial charge in [-0.15, -0.1) is 0 Å². The van der Waals surface area contributed by atoms with Gasteiger partial charge in [0.2, 0.25) is 5.91 Å². The van der Waals surface area contributed by atoms with Gasteiger partial charge in [-0.05, 0) is 50.8 Å². The van der Waals surface area contributed by atoms with Crippen molar-refractivity contribution in [3.8, 4) is 0 Å². The van der Waals surface area contributed by atoms with Crippen molar-refractivity contribution in [2.75, 3.05) is 6.54 Å². The van der Waals surface area contributed by atoms with Crippen molar-refractivity contribution in [3.05, 3.63) is 35.6 Å². The van der Waals surface area contributed by atoms with Gasteiger partial charge in [-0.25, -0.2) is 4.39 Å². The van der Waals surface area contributed by atoms with Crippen LogP contribution in [0.1, 0.15) is 51.1 Å². The second-order valence-electron chi connectivity index (χ2n) is 5.80. The highest BCUT2D eigenvalue weighted by Gasteiger charge is 2.36. The molecular formula is C16H23FN2O. The van der Waals surface area contributed by atoms with E-state index in [1.54, 1.807) is 12.1 Å². The summed E-state index contributed by atoms with van der Waals surface area (Å²) in [6.45, 7) is 4.56. The molecule has 2 rings (SSSR count). The zero-order valence-corrected chi connectivity index (χ0v) is 12.2. The lowest BCUT2D eigenvalue weighted by atomic mass is 9.75. The summed E-state index contributed by atoms with van der Waals surface area (Å²) in [5.41, 5.74) is 6.80. The standard InChI is InChI=1S/C16H23FN2O/c1-3-19(15(20)11-16(18)9-4-10-16)12(2)13-5-7-14(17)8-6-13/h5-8,12H,3-4,9-11,18H2,1-2H3. The Morgan fingerprint density at radius 2 is 2.00 bits per heavy atom. The molecule has 0 heterocycles. The fourth-order valence-electron chi connectivity index (χ4n) is 2.80. The lowest BCUT2D eigenvalue weighted by molar-refractivity contribution is -0.135. The highest BCUT2D eigenvalue weighted by molar-refractivity contribution is 5.78. The maximum Gasteiger partial charge on any atom is 0.224 e. The Morgan fingerprint density at radius 1 is 1.40 bits per heavy atom. The number of rotatable bonds is 5. The highest BCUT2D eigenvalue weighted by Crippen LogP contribution is 2.33. The Bertz CT molecular complexity index is 468. The molecule has 0 radical (unpaired) electrons. The third kappa shape index (κ3) is 3.18. The summed E-state index contributed by atoms with van der Waals surface area (Å²) in [6.07, 6.45) is 3.39. The van der Waals surface area contributed by atoms with Crippen molar-refractivity contribution in [1.29, 1.82) is 0 Å². The fourth-order valence-corrected chi connectivity index (χ4v) is 2.80. The number of hydrogen-bond acceptors (Lipinski definition) is 2. The molecule has 1 aromatic carbocycles. The van der Waals surface area contributed by atoms with E-state index in [-0.39, 0.29) is 23.3 Å². The topological polar surface area (TPSA) is 46.3 Å². The molecule has 1 amide bonds. The molecule has 1 saturated carbocycles. The Labute approximate surface area is 120 Å². The molecule has 0 spiro atoms. The minimum atomic E-state index is -0.299. The van der Waals surface area contributed by atoms with E-state index >= 15 is 0 Å². The summed E-state index contributed by atoms with van der Waals surface area (Å²) >= 11 is 0. The molecule has 1 aromatic rings. The molecule has 0 aromatic heterocycles. The van der Waals surface area contributed by atoms with Crippen LogP contribution in [0.3, 0.4) is 0 Å². The van der Waals surface area contributed by atoms with E-state index in [0.717, 1.165) is 24.8 Å². The number of halogens is 1. The molecule has 1 unspecified atom stereocenters. The Hall–Kier alpha value is -1.42. The number of amides is 1. The number of nitrogens with zero attached hydrogens (tertiary/aromatic N) is 1. The maximum atomic E-state index is 13.0. The lowest BCUT2D eigenvalue weighted by Crippen LogP contribution is -2.50. The first kappa shape index (κ1) is 15.0. The first-order valence-corrected chi connectivity index (χ1v) is 7.29. The fraction of sp³-hybridized carbons (Fsp3) is 0.562. The van der Waals surface area contributed by atoms with E-state index in [1.165, 1.54) is 12.1 Å². The second kappa shape index (κ2) is 5.92. The summed E-state index contributed by atoms with van der Waals surface area (Å²) in [5, 5.41) is 0. The smallest absolute Gasteiger partial charge is 0.224 e. The van der Waals surface area contributed by atoms with Crippen LogP contribution < -0.4 is 5.73 Å². The molecule has 1 fully saturated rings. The van der Waals surface area contributed by atoms with Gasteiger partial charge in [0.15, 0.2) is 0 Å². The van der Waals surface area contributed by atoms with Crippen molar-refractivity contribution in [2.45, 2.75) is 51.1 Å². The summed E-state index contributed by atoms with van der Waals surface area (Å²) in [6, 6.07) is 6.27. The molecule has 4 heteroatoms. The van der Waals surface area contributed by atoms with Crippen LogP contribution in [0.2, 0.25) is 0 Å². The average molecular weight is 278 g/mol. The van der Waals surface area contributed by atoms with E-state index in [9.17, 15) is 9.18 Å². The van der Waals surface area contributed by atoms with Gasteiger partial charge in [-0.3, -0.25) is 4.79 Å². The van der Waals surface area contributed by atoms with Gasteiger partial charge in [0.05, 0.1) is 6.04 Å². The quantitative estimate of drug-likeness (QED) is 0.900. The number of nitrogens with two attached hydrogens (primary N) is 1. The Balaban J connectivity index is 2.06. The highest BCUT2D eigenvalue weighted by atomic mass is 19.1. The van der Waals surface area contributed by atoms with Gasteiger partial charge < -0.3 is 10.6 Å². The molecule has 1 aliphatic rings. The van der Waals surface area contributed by atoms with Crippen molar-refractivity contribution >= 4 is 5.91 Å². The normalized spacial score (nSPS) is 18.2. The summed E-state index contributed by atoms with van der Waals surface area (Å²) in [7, 11) is 0. The molecule has 2 N–H and O–H groups in total.